The molecule has 15 heavy (non-hydrogen) atoms. The lowest BCUT2D eigenvalue weighted by molar-refractivity contribution is 1.17. The zero-order chi connectivity index (χ0) is 10.8. The Kier molecular flexibility index (Phi) is 2.91. The van der Waals surface area contributed by atoms with E-state index in [0.29, 0.717) is 0 Å². The minimum Gasteiger partial charge on any atom is -0.370 e. The molecule has 0 aliphatic carbocycles. The van der Waals surface area contributed by atoms with E-state index in [2.05, 4.69) is 58.3 Å². The number of aryl methyl sites for hydroxylation is 1. The van der Waals surface area contributed by atoms with Crippen molar-refractivity contribution in [2.75, 3.05) is 11.9 Å². The van der Waals surface area contributed by atoms with Gasteiger partial charge in [-0.05, 0) is 35.8 Å². The first-order chi connectivity index (χ1) is 7.22. The topological polar surface area (TPSA) is 24.9 Å². The van der Waals surface area contributed by atoms with Crippen LogP contribution in [0.4, 0.5) is 5.82 Å². The highest BCUT2D eigenvalue weighted by atomic mass is 79.9. The third-order valence-electron chi connectivity index (χ3n) is 2.34. The lowest BCUT2D eigenvalue weighted by Crippen LogP contribution is -2.00. The zero-order valence-electron chi connectivity index (χ0n) is 8.84. The molecule has 0 saturated heterocycles. The number of anilines is 1. The van der Waals surface area contributed by atoms with Gasteiger partial charge in [-0.2, -0.15) is 0 Å². The van der Waals surface area contributed by atoms with E-state index in [9.17, 15) is 0 Å². The molecule has 0 fully saturated rings. The maximum Gasteiger partial charge on any atom is 0.133 e. The number of aromatic nitrogens is 1. The summed E-state index contributed by atoms with van der Waals surface area (Å²) in [6.07, 6.45) is 1.84. The van der Waals surface area contributed by atoms with Gasteiger partial charge in [-0.15, -0.1) is 0 Å². The lowest BCUT2D eigenvalue weighted by atomic mass is 10.1. The van der Waals surface area contributed by atoms with Gasteiger partial charge < -0.3 is 5.32 Å². The van der Waals surface area contributed by atoms with Crippen molar-refractivity contribution < 1.29 is 0 Å². The van der Waals surface area contributed by atoms with Crippen LogP contribution >= 0.6 is 15.9 Å². The van der Waals surface area contributed by atoms with E-state index in [-0.39, 0.29) is 0 Å². The molecule has 0 saturated carbocycles. The van der Waals surface area contributed by atoms with Gasteiger partial charge in [0.1, 0.15) is 5.82 Å². The highest BCUT2D eigenvalue weighted by molar-refractivity contribution is 9.10. The molecule has 1 heterocycles. The number of rotatable bonds is 2. The third kappa shape index (κ3) is 1.97. The summed E-state index contributed by atoms with van der Waals surface area (Å²) >= 11 is 3.52. The van der Waals surface area contributed by atoms with Crippen LogP contribution < -0.4 is 5.32 Å². The van der Waals surface area contributed by atoms with Gasteiger partial charge in [-0.25, -0.2) is 4.98 Å². The maximum atomic E-state index is 4.38. The van der Waals surface area contributed by atoms with E-state index in [1.807, 2.05) is 6.20 Å². The SMILES string of the molecule is CCNc1ncc(Br)c2ccc(C)cc12. The first-order valence-electron chi connectivity index (χ1n) is 5.01. The summed E-state index contributed by atoms with van der Waals surface area (Å²) in [6, 6.07) is 6.39. The normalized spacial score (nSPS) is 10.6. The van der Waals surface area contributed by atoms with Crippen LogP contribution in [-0.4, -0.2) is 11.5 Å². The van der Waals surface area contributed by atoms with E-state index in [0.717, 1.165) is 16.8 Å². The van der Waals surface area contributed by atoms with Crippen molar-refractivity contribution >= 4 is 32.5 Å². The number of fused-ring (bicyclic) bond motifs is 1. The minimum atomic E-state index is 0.887. The predicted molar refractivity (Wildman–Crippen MR) is 68.3 cm³/mol. The number of halogens is 1. The van der Waals surface area contributed by atoms with E-state index < -0.39 is 0 Å². The van der Waals surface area contributed by atoms with Crippen molar-refractivity contribution in [3.8, 4) is 0 Å². The van der Waals surface area contributed by atoms with Gasteiger partial charge in [0.05, 0.1) is 0 Å². The molecule has 0 spiro atoms. The largest absolute Gasteiger partial charge is 0.370 e. The molecule has 2 rings (SSSR count). The van der Waals surface area contributed by atoms with Crippen molar-refractivity contribution in [2.24, 2.45) is 0 Å². The molecule has 0 amide bonds. The third-order valence-corrected chi connectivity index (χ3v) is 2.97. The molecule has 1 aromatic carbocycles. The van der Waals surface area contributed by atoms with Crippen LogP contribution in [0.2, 0.25) is 0 Å². The molecule has 0 radical (unpaired) electrons. The van der Waals surface area contributed by atoms with Crippen LogP contribution in [0.3, 0.4) is 0 Å². The van der Waals surface area contributed by atoms with Crippen molar-refractivity contribution in [1.82, 2.24) is 4.98 Å². The molecule has 0 bridgehead atoms. The molecule has 2 nitrogen and oxygen atoms in total. The Balaban J connectivity index is 2.72. The first kappa shape index (κ1) is 10.4. The van der Waals surface area contributed by atoms with Crippen LogP contribution in [0.5, 0.6) is 0 Å². The number of hydrogen-bond acceptors (Lipinski definition) is 2. The molecular formula is C12H13BrN2. The fourth-order valence-electron chi connectivity index (χ4n) is 1.63. The van der Waals surface area contributed by atoms with Crippen molar-refractivity contribution in [2.45, 2.75) is 13.8 Å². The molecule has 2 aromatic rings. The van der Waals surface area contributed by atoms with Crippen LogP contribution in [0, 0.1) is 6.92 Å². The van der Waals surface area contributed by atoms with Gasteiger partial charge in [-0.3, -0.25) is 0 Å². The molecule has 0 atom stereocenters. The van der Waals surface area contributed by atoms with Gasteiger partial charge in [-0.1, -0.05) is 17.7 Å². The summed E-state index contributed by atoms with van der Waals surface area (Å²) in [5.41, 5.74) is 1.25. The van der Waals surface area contributed by atoms with Crippen LogP contribution in [-0.2, 0) is 0 Å². The predicted octanol–water partition coefficient (Wildman–Crippen LogP) is 3.74. The van der Waals surface area contributed by atoms with Crippen LogP contribution in [0.25, 0.3) is 10.8 Å². The Bertz CT molecular complexity index is 494. The molecule has 0 aliphatic rings. The summed E-state index contributed by atoms with van der Waals surface area (Å²) in [6.45, 7) is 5.05. The van der Waals surface area contributed by atoms with Gasteiger partial charge >= 0.3 is 0 Å². The monoisotopic (exact) mass is 264 g/mol. The summed E-state index contributed by atoms with van der Waals surface area (Å²) in [5, 5.41) is 5.65. The molecular weight excluding hydrogens is 252 g/mol. The molecule has 1 N–H and O–H groups in total. The Labute approximate surface area is 97.8 Å². The average Bonchev–Trinajstić information content (AvgIpc) is 2.22. The second kappa shape index (κ2) is 4.19. The Morgan fingerprint density at radius 1 is 1.33 bits per heavy atom. The molecule has 0 unspecified atom stereocenters. The summed E-state index contributed by atoms with van der Waals surface area (Å²) in [4.78, 5) is 4.38. The summed E-state index contributed by atoms with van der Waals surface area (Å²) in [7, 11) is 0. The minimum absolute atomic E-state index is 0.887. The summed E-state index contributed by atoms with van der Waals surface area (Å²) < 4.78 is 1.04. The number of nitrogens with zero attached hydrogens (tertiary/aromatic N) is 1. The van der Waals surface area contributed by atoms with Crippen molar-refractivity contribution in [1.29, 1.82) is 0 Å². The van der Waals surface area contributed by atoms with Gasteiger partial charge in [0, 0.05) is 28.0 Å². The number of benzene rings is 1. The summed E-state index contributed by atoms with van der Waals surface area (Å²) in [5.74, 6) is 0.958. The Morgan fingerprint density at radius 3 is 2.87 bits per heavy atom. The maximum absolute atomic E-state index is 4.38. The number of nitrogens with one attached hydrogen (secondary N) is 1. The quantitative estimate of drug-likeness (QED) is 0.894. The molecule has 0 aliphatic heterocycles. The second-order valence-electron chi connectivity index (χ2n) is 3.53. The van der Waals surface area contributed by atoms with Gasteiger partial charge in [0.25, 0.3) is 0 Å². The number of hydrogen-bond donors (Lipinski definition) is 1. The second-order valence-corrected chi connectivity index (χ2v) is 4.39. The standard InChI is InChI=1S/C12H13BrN2/c1-3-14-12-10-6-8(2)4-5-9(10)11(13)7-15-12/h4-7H,3H2,1-2H3,(H,14,15). The first-order valence-corrected chi connectivity index (χ1v) is 5.80. The average molecular weight is 265 g/mol. The highest BCUT2D eigenvalue weighted by Crippen LogP contribution is 2.28. The fourth-order valence-corrected chi connectivity index (χ4v) is 2.08. The van der Waals surface area contributed by atoms with E-state index >= 15 is 0 Å². The van der Waals surface area contributed by atoms with E-state index in [1.165, 1.54) is 16.3 Å². The molecule has 78 valence electrons. The molecule has 1 aromatic heterocycles. The zero-order valence-corrected chi connectivity index (χ0v) is 10.4. The van der Waals surface area contributed by atoms with Gasteiger partial charge in [0.2, 0.25) is 0 Å². The van der Waals surface area contributed by atoms with Crippen molar-refractivity contribution in [3.63, 3.8) is 0 Å². The highest BCUT2D eigenvalue weighted by Gasteiger charge is 2.04. The van der Waals surface area contributed by atoms with Gasteiger partial charge in [0.15, 0.2) is 0 Å². The lowest BCUT2D eigenvalue weighted by Gasteiger charge is -2.08. The fraction of sp³-hybridized carbons (Fsp3) is 0.250. The Morgan fingerprint density at radius 2 is 2.13 bits per heavy atom. The molecule has 3 heteroatoms. The van der Waals surface area contributed by atoms with Crippen molar-refractivity contribution in [3.05, 3.63) is 34.4 Å². The Hall–Kier alpha value is -1.09. The van der Waals surface area contributed by atoms with E-state index in [4.69, 9.17) is 0 Å². The smallest absolute Gasteiger partial charge is 0.133 e. The van der Waals surface area contributed by atoms with E-state index in [1.54, 1.807) is 0 Å². The number of pyridine rings is 1. The van der Waals surface area contributed by atoms with Crippen LogP contribution in [0.1, 0.15) is 12.5 Å². The van der Waals surface area contributed by atoms with Crippen LogP contribution in [0.15, 0.2) is 28.9 Å².